The first-order valence-corrected chi connectivity index (χ1v) is 10.3. The average Bonchev–Trinajstić information content (AvgIpc) is 3.23. The summed E-state index contributed by atoms with van der Waals surface area (Å²) in [7, 11) is 0. The van der Waals surface area contributed by atoms with Gasteiger partial charge in [0.05, 0.1) is 12.1 Å². The van der Waals surface area contributed by atoms with E-state index in [0.717, 1.165) is 15.7 Å². The molecule has 2 aromatic carbocycles. The monoisotopic (exact) mass is 446 g/mol. The maximum atomic E-state index is 13.0. The van der Waals surface area contributed by atoms with Gasteiger partial charge in [-0.05, 0) is 67.3 Å². The average molecular weight is 446 g/mol. The molecule has 0 fully saturated rings. The molecule has 0 radical (unpaired) electrons. The first-order valence-electron chi connectivity index (χ1n) is 10.3. The zero-order valence-electron chi connectivity index (χ0n) is 18.5. The van der Waals surface area contributed by atoms with Crippen LogP contribution in [0.15, 0.2) is 41.2 Å². The minimum Gasteiger partial charge on any atom is -0.494 e. The van der Waals surface area contributed by atoms with Gasteiger partial charge in [0.25, 0.3) is 5.56 Å². The van der Waals surface area contributed by atoms with Crippen molar-refractivity contribution in [2.75, 3.05) is 13.4 Å². The SMILES string of the molecule is Cc1cc(C)cc(OCC(=O)c2c(C)c(C#N)c(=O)n(Cc3ccc4c(c3)OCO4)c2O)c1. The van der Waals surface area contributed by atoms with E-state index >= 15 is 0 Å². The van der Waals surface area contributed by atoms with Crippen LogP contribution in [-0.4, -0.2) is 28.9 Å². The van der Waals surface area contributed by atoms with Crippen molar-refractivity contribution in [1.29, 1.82) is 5.26 Å². The van der Waals surface area contributed by atoms with E-state index in [1.807, 2.05) is 26.0 Å². The number of nitrogens with zero attached hydrogens (tertiary/aromatic N) is 2. The third kappa shape index (κ3) is 4.26. The molecule has 0 spiro atoms. The van der Waals surface area contributed by atoms with Gasteiger partial charge in [-0.25, -0.2) is 0 Å². The van der Waals surface area contributed by atoms with Gasteiger partial charge in [0.15, 0.2) is 18.1 Å². The van der Waals surface area contributed by atoms with Gasteiger partial charge in [-0.2, -0.15) is 5.26 Å². The summed E-state index contributed by atoms with van der Waals surface area (Å²) in [6.45, 7) is 4.99. The van der Waals surface area contributed by atoms with Crippen LogP contribution in [0.25, 0.3) is 0 Å². The minimum absolute atomic E-state index is 0.0610. The fraction of sp³-hybridized carbons (Fsp3) is 0.240. The van der Waals surface area contributed by atoms with Crippen molar-refractivity contribution in [2.45, 2.75) is 27.3 Å². The molecule has 33 heavy (non-hydrogen) atoms. The lowest BCUT2D eigenvalue weighted by Gasteiger charge is -2.16. The van der Waals surface area contributed by atoms with E-state index in [1.165, 1.54) is 6.92 Å². The van der Waals surface area contributed by atoms with Crippen LogP contribution in [0.1, 0.15) is 38.2 Å². The molecule has 4 rings (SSSR count). The number of carbonyl (C=O) groups excluding carboxylic acids is 1. The second kappa shape index (κ2) is 8.71. The van der Waals surface area contributed by atoms with E-state index in [4.69, 9.17) is 14.2 Å². The number of hydrogen-bond acceptors (Lipinski definition) is 7. The van der Waals surface area contributed by atoms with Crippen LogP contribution in [0.2, 0.25) is 0 Å². The Hall–Kier alpha value is -4.25. The Kier molecular flexibility index (Phi) is 5.80. The Bertz CT molecular complexity index is 1350. The molecular formula is C25H22N2O6. The molecule has 0 saturated carbocycles. The fourth-order valence-corrected chi connectivity index (χ4v) is 3.89. The molecule has 0 aliphatic carbocycles. The van der Waals surface area contributed by atoms with Gasteiger partial charge >= 0.3 is 0 Å². The van der Waals surface area contributed by atoms with E-state index in [-0.39, 0.29) is 36.6 Å². The van der Waals surface area contributed by atoms with Crippen LogP contribution in [-0.2, 0) is 6.54 Å². The lowest BCUT2D eigenvalue weighted by Crippen LogP contribution is -2.28. The minimum atomic E-state index is -0.683. The van der Waals surface area contributed by atoms with E-state index in [2.05, 4.69) is 0 Å². The van der Waals surface area contributed by atoms with Crippen molar-refractivity contribution < 1.29 is 24.1 Å². The Balaban J connectivity index is 1.68. The molecule has 2 heterocycles. The predicted molar refractivity (Wildman–Crippen MR) is 119 cm³/mol. The molecule has 8 nitrogen and oxygen atoms in total. The van der Waals surface area contributed by atoms with Crippen LogP contribution in [0.3, 0.4) is 0 Å². The molecule has 0 unspecified atom stereocenters. The van der Waals surface area contributed by atoms with Crippen LogP contribution in [0, 0.1) is 32.1 Å². The number of ether oxygens (including phenoxy) is 3. The maximum Gasteiger partial charge on any atom is 0.271 e. The first kappa shape index (κ1) is 22.0. The molecule has 3 aromatic rings. The van der Waals surface area contributed by atoms with E-state index in [1.54, 1.807) is 30.3 Å². The highest BCUT2D eigenvalue weighted by Crippen LogP contribution is 2.33. The van der Waals surface area contributed by atoms with Gasteiger partial charge in [-0.3, -0.25) is 14.2 Å². The number of ketones is 1. The number of pyridine rings is 1. The lowest BCUT2D eigenvalue weighted by molar-refractivity contribution is 0.0916. The predicted octanol–water partition coefficient (Wildman–Crippen LogP) is 3.39. The quantitative estimate of drug-likeness (QED) is 0.578. The third-order valence-electron chi connectivity index (χ3n) is 5.42. The van der Waals surface area contributed by atoms with Crippen molar-refractivity contribution >= 4 is 5.78 Å². The highest BCUT2D eigenvalue weighted by Gasteiger charge is 2.25. The molecule has 0 saturated heterocycles. The molecular weight excluding hydrogens is 424 g/mol. The van der Waals surface area contributed by atoms with Gasteiger partial charge in [-0.1, -0.05) is 12.1 Å². The highest BCUT2D eigenvalue weighted by molar-refractivity contribution is 6.01. The van der Waals surface area contributed by atoms with Crippen LogP contribution < -0.4 is 19.8 Å². The molecule has 8 heteroatoms. The number of aryl methyl sites for hydroxylation is 2. The molecule has 0 atom stereocenters. The smallest absolute Gasteiger partial charge is 0.271 e. The number of fused-ring (bicyclic) bond motifs is 1. The number of benzene rings is 2. The summed E-state index contributed by atoms with van der Waals surface area (Å²) in [5, 5.41) is 20.5. The van der Waals surface area contributed by atoms with Gasteiger partial charge in [0, 0.05) is 0 Å². The Morgan fingerprint density at radius 3 is 2.52 bits per heavy atom. The normalized spacial score (nSPS) is 11.8. The molecule has 168 valence electrons. The molecule has 0 bridgehead atoms. The fourth-order valence-electron chi connectivity index (χ4n) is 3.89. The number of nitriles is 1. The van der Waals surface area contributed by atoms with Crippen molar-refractivity contribution in [3.05, 3.63) is 80.1 Å². The largest absolute Gasteiger partial charge is 0.494 e. The Morgan fingerprint density at radius 1 is 1.12 bits per heavy atom. The summed E-state index contributed by atoms with van der Waals surface area (Å²) >= 11 is 0. The molecule has 1 N–H and O–H groups in total. The number of hydrogen-bond donors (Lipinski definition) is 1. The van der Waals surface area contributed by atoms with Crippen molar-refractivity contribution in [3.63, 3.8) is 0 Å². The standard InChI is InChI=1S/C25H22N2O6/c1-14-6-15(2)8-18(7-14)31-12-20(28)23-16(3)19(10-26)24(29)27(25(23)30)11-17-4-5-21-22(9-17)33-13-32-21/h4-9,30H,11-13H2,1-3H3. The Labute approximate surface area is 190 Å². The van der Waals surface area contributed by atoms with Gasteiger partial charge < -0.3 is 19.3 Å². The lowest BCUT2D eigenvalue weighted by atomic mass is 10.0. The number of aromatic nitrogens is 1. The van der Waals surface area contributed by atoms with E-state index in [9.17, 15) is 20.0 Å². The summed E-state index contributed by atoms with van der Waals surface area (Å²) in [5.41, 5.74) is 1.72. The number of Topliss-reactive ketones (excluding diaryl/α,β-unsaturated/α-hetero) is 1. The number of rotatable bonds is 6. The van der Waals surface area contributed by atoms with Gasteiger partial charge in [0.1, 0.15) is 17.4 Å². The summed E-state index contributed by atoms with van der Waals surface area (Å²) < 4.78 is 17.3. The zero-order valence-corrected chi connectivity index (χ0v) is 18.5. The number of carbonyl (C=O) groups is 1. The topological polar surface area (TPSA) is 111 Å². The summed E-state index contributed by atoms with van der Waals surface area (Å²) in [6, 6.07) is 12.5. The second-order valence-corrected chi connectivity index (χ2v) is 7.92. The number of aromatic hydroxyl groups is 1. The van der Waals surface area contributed by atoms with Crippen LogP contribution in [0.5, 0.6) is 23.1 Å². The summed E-state index contributed by atoms with van der Waals surface area (Å²) in [5.74, 6) is 0.567. The van der Waals surface area contributed by atoms with Gasteiger partial charge in [0.2, 0.25) is 18.5 Å². The van der Waals surface area contributed by atoms with Crippen molar-refractivity contribution in [1.82, 2.24) is 4.57 Å². The summed E-state index contributed by atoms with van der Waals surface area (Å²) in [6.07, 6.45) is 0. The van der Waals surface area contributed by atoms with Crippen LogP contribution in [0.4, 0.5) is 0 Å². The zero-order chi connectivity index (χ0) is 23.7. The first-order chi connectivity index (χ1) is 15.8. The molecule has 1 aliphatic heterocycles. The third-order valence-corrected chi connectivity index (χ3v) is 5.42. The van der Waals surface area contributed by atoms with Crippen LogP contribution >= 0.6 is 0 Å². The molecule has 0 amide bonds. The van der Waals surface area contributed by atoms with Crippen molar-refractivity contribution in [3.8, 4) is 29.2 Å². The van der Waals surface area contributed by atoms with E-state index in [0.29, 0.717) is 22.8 Å². The second-order valence-electron chi connectivity index (χ2n) is 7.92. The van der Waals surface area contributed by atoms with E-state index < -0.39 is 17.2 Å². The highest BCUT2D eigenvalue weighted by atomic mass is 16.7. The van der Waals surface area contributed by atoms with Gasteiger partial charge in [-0.15, -0.1) is 0 Å². The molecule has 1 aliphatic rings. The Morgan fingerprint density at radius 2 is 1.82 bits per heavy atom. The molecule has 1 aromatic heterocycles. The van der Waals surface area contributed by atoms with Crippen molar-refractivity contribution in [2.24, 2.45) is 0 Å². The summed E-state index contributed by atoms with van der Waals surface area (Å²) in [4.78, 5) is 25.9. The maximum absolute atomic E-state index is 13.0.